The van der Waals surface area contributed by atoms with Crippen LogP contribution in [0.25, 0.3) is 0 Å². The van der Waals surface area contributed by atoms with Crippen molar-refractivity contribution in [3.05, 3.63) is 44.8 Å². The van der Waals surface area contributed by atoms with Crippen LogP contribution in [0.3, 0.4) is 0 Å². The number of benzene rings is 1. The molecule has 0 aliphatic carbocycles. The number of aliphatic imine (C=N–C) groups is 1. The van der Waals surface area contributed by atoms with Crippen LogP contribution in [0.15, 0.2) is 17.1 Å². The Morgan fingerprint density at radius 3 is 1.96 bits per heavy atom. The molecule has 0 saturated carbocycles. The second kappa shape index (κ2) is 6.89. The van der Waals surface area contributed by atoms with Gasteiger partial charge in [-0.15, -0.1) is 11.3 Å². The lowest BCUT2D eigenvalue weighted by molar-refractivity contribution is 0.423. The molecule has 1 aromatic heterocycles. The summed E-state index contributed by atoms with van der Waals surface area (Å²) >= 11 is 1.54. The predicted octanol–water partition coefficient (Wildman–Crippen LogP) is 6.29. The van der Waals surface area contributed by atoms with Gasteiger partial charge in [0.2, 0.25) is 0 Å². The monoisotopic (exact) mass is 368 g/mol. The van der Waals surface area contributed by atoms with E-state index >= 15 is 0 Å². The lowest BCUT2D eigenvalue weighted by Gasteiger charge is -2.27. The molecule has 0 radical (unpaired) electrons. The zero-order valence-electron chi connectivity index (χ0n) is 17.0. The van der Waals surface area contributed by atoms with Gasteiger partial charge in [0.1, 0.15) is 16.8 Å². The lowest BCUT2D eigenvalue weighted by Crippen LogP contribution is -2.17. The predicted molar refractivity (Wildman–Crippen MR) is 111 cm³/mol. The Bertz CT molecular complexity index is 865. The number of nitrogens with zero attached hydrogens (tertiary/aromatic N) is 2. The molecule has 0 saturated heterocycles. The molecule has 2 rings (SSSR count). The summed E-state index contributed by atoms with van der Waals surface area (Å²) in [6.07, 6.45) is 1.80. The molecule has 1 N–H and O–H groups in total. The zero-order chi connectivity index (χ0) is 19.9. The molecule has 0 aliphatic rings. The van der Waals surface area contributed by atoms with Crippen molar-refractivity contribution in [3.63, 3.8) is 0 Å². The van der Waals surface area contributed by atoms with E-state index < -0.39 is 0 Å². The van der Waals surface area contributed by atoms with Crippen molar-refractivity contribution in [2.24, 2.45) is 4.99 Å². The first-order valence-electron chi connectivity index (χ1n) is 8.78. The van der Waals surface area contributed by atoms with Crippen LogP contribution in [0.1, 0.15) is 74.2 Å². The topological polar surface area (TPSA) is 56.4 Å². The van der Waals surface area contributed by atoms with Gasteiger partial charge in [0.25, 0.3) is 0 Å². The van der Waals surface area contributed by atoms with Crippen molar-refractivity contribution in [2.45, 2.75) is 66.2 Å². The minimum absolute atomic E-state index is 0.179. The molecule has 0 aliphatic heterocycles. The Labute approximate surface area is 161 Å². The number of aryl methyl sites for hydroxylation is 1. The summed E-state index contributed by atoms with van der Waals surface area (Å²) < 4.78 is 0. The summed E-state index contributed by atoms with van der Waals surface area (Å²) in [5.41, 5.74) is 4.04. The fourth-order valence-corrected chi connectivity index (χ4v) is 3.79. The zero-order valence-corrected chi connectivity index (χ0v) is 17.8. The van der Waals surface area contributed by atoms with Gasteiger partial charge in [0.05, 0.1) is 5.56 Å². The van der Waals surface area contributed by atoms with Crippen molar-refractivity contribution in [3.8, 4) is 11.8 Å². The molecular formula is C22H28N2OS. The largest absolute Gasteiger partial charge is 0.507 e. The van der Waals surface area contributed by atoms with E-state index in [-0.39, 0.29) is 10.8 Å². The minimum atomic E-state index is -0.179. The first kappa shape index (κ1) is 20.2. The maximum absolute atomic E-state index is 10.8. The Balaban J connectivity index is 2.61. The van der Waals surface area contributed by atoms with Gasteiger partial charge >= 0.3 is 0 Å². The fourth-order valence-electron chi connectivity index (χ4n) is 2.84. The number of rotatable bonds is 2. The molecule has 4 heteroatoms. The lowest BCUT2D eigenvalue weighted by atomic mass is 9.78. The Hall–Kier alpha value is -2.12. The third-order valence-corrected chi connectivity index (χ3v) is 5.67. The van der Waals surface area contributed by atoms with Crippen molar-refractivity contribution in [2.75, 3.05) is 0 Å². The maximum Gasteiger partial charge on any atom is 0.134 e. The van der Waals surface area contributed by atoms with Gasteiger partial charge in [0, 0.05) is 22.2 Å². The van der Waals surface area contributed by atoms with Gasteiger partial charge in [-0.2, -0.15) is 5.26 Å². The number of thiophene rings is 1. The van der Waals surface area contributed by atoms with Crippen molar-refractivity contribution in [1.29, 1.82) is 5.26 Å². The summed E-state index contributed by atoms with van der Waals surface area (Å²) in [4.78, 5) is 5.71. The van der Waals surface area contributed by atoms with Gasteiger partial charge < -0.3 is 5.11 Å². The van der Waals surface area contributed by atoms with Crippen LogP contribution in [0.5, 0.6) is 5.75 Å². The van der Waals surface area contributed by atoms with E-state index in [9.17, 15) is 10.4 Å². The van der Waals surface area contributed by atoms with Crippen LogP contribution >= 0.6 is 11.3 Å². The summed E-state index contributed by atoms with van der Waals surface area (Å²) in [5, 5.41) is 20.9. The van der Waals surface area contributed by atoms with Crippen LogP contribution in [0.4, 0.5) is 5.00 Å². The second-order valence-corrected chi connectivity index (χ2v) is 10.0. The second-order valence-electron chi connectivity index (χ2n) is 8.80. The van der Waals surface area contributed by atoms with E-state index in [0.29, 0.717) is 11.3 Å². The van der Waals surface area contributed by atoms with Crippen molar-refractivity contribution >= 4 is 22.6 Å². The number of phenolic OH excluding ortho intramolecular Hbond substituents is 1. The number of hydrogen-bond acceptors (Lipinski definition) is 4. The van der Waals surface area contributed by atoms with Crippen LogP contribution < -0.4 is 0 Å². The molecule has 138 valence electrons. The summed E-state index contributed by atoms with van der Waals surface area (Å²) in [6.45, 7) is 16.5. The van der Waals surface area contributed by atoms with E-state index in [0.717, 1.165) is 32.1 Å². The van der Waals surface area contributed by atoms with Crippen molar-refractivity contribution in [1.82, 2.24) is 0 Å². The molecule has 0 spiro atoms. The highest BCUT2D eigenvalue weighted by Gasteiger charge is 2.26. The molecular weight excluding hydrogens is 340 g/mol. The molecule has 0 amide bonds. The van der Waals surface area contributed by atoms with Crippen LogP contribution in [0.2, 0.25) is 0 Å². The molecule has 2 aromatic rings. The Kier molecular flexibility index (Phi) is 5.35. The Morgan fingerprint density at radius 2 is 1.54 bits per heavy atom. The van der Waals surface area contributed by atoms with Gasteiger partial charge in [-0.1, -0.05) is 41.5 Å². The van der Waals surface area contributed by atoms with Crippen LogP contribution in [-0.4, -0.2) is 11.3 Å². The fraction of sp³-hybridized carbons (Fsp3) is 0.455. The van der Waals surface area contributed by atoms with E-state index in [2.05, 4.69) is 52.6 Å². The van der Waals surface area contributed by atoms with E-state index in [1.165, 1.54) is 11.3 Å². The standard InChI is InChI=1S/C22H28N2OS/c1-13-14(2)26-20(16(13)11-23)24-12-15-9-17(21(3,4)5)19(25)18(10-15)22(6,7)8/h9-10,12,25H,1-8H3/b24-12+. The average molecular weight is 369 g/mol. The molecule has 0 bridgehead atoms. The third kappa shape index (κ3) is 3.99. The molecule has 26 heavy (non-hydrogen) atoms. The van der Waals surface area contributed by atoms with Gasteiger partial charge in [0.15, 0.2) is 0 Å². The highest BCUT2D eigenvalue weighted by molar-refractivity contribution is 7.16. The number of phenols is 1. The molecule has 3 nitrogen and oxygen atoms in total. The normalized spacial score (nSPS) is 12.6. The van der Waals surface area contributed by atoms with E-state index in [4.69, 9.17) is 0 Å². The summed E-state index contributed by atoms with van der Waals surface area (Å²) in [7, 11) is 0. The van der Waals surface area contributed by atoms with Gasteiger partial charge in [-0.05, 0) is 47.9 Å². The first-order chi connectivity index (χ1) is 11.9. The van der Waals surface area contributed by atoms with Gasteiger partial charge in [-0.3, -0.25) is 0 Å². The van der Waals surface area contributed by atoms with Gasteiger partial charge in [-0.25, -0.2) is 4.99 Å². The molecule has 0 fully saturated rings. The van der Waals surface area contributed by atoms with Crippen LogP contribution in [0, 0.1) is 25.2 Å². The maximum atomic E-state index is 10.8. The van der Waals surface area contributed by atoms with Crippen molar-refractivity contribution < 1.29 is 5.11 Å². The number of aromatic hydroxyl groups is 1. The average Bonchev–Trinajstić information content (AvgIpc) is 2.78. The first-order valence-corrected chi connectivity index (χ1v) is 9.60. The quantitative estimate of drug-likeness (QED) is 0.633. The number of nitriles is 1. The molecule has 1 heterocycles. The summed E-state index contributed by atoms with van der Waals surface area (Å²) in [5.74, 6) is 0.364. The SMILES string of the molecule is Cc1sc(/N=C/c2cc(C(C)(C)C)c(O)c(C(C)(C)C)c2)c(C#N)c1C. The molecule has 1 aromatic carbocycles. The van der Waals surface area contributed by atoms with E-state index in [1.54, 1.807) is 6.21 Å². The minimum Gasteiger partial charge on any atom is -0.507 e. The summed E-state index contributed by atoms with van der Waals surface area (Å²) in [6, 6.07) is 6.25. The van der Waals surface area contributed by atoms with Crippen LogP contribution in [-0.2, 0) is 10.8 Å². The molecule has 0 atom stereocenters. The number of hydrogen-bond donors (Lipinski definition) is 1. The molecule has 0 unspecified atom stereocenters. The third-order valence-electron chi connectivity index (χ3n) is 4.56. The highest BCUT2D eigenvalue weighted by Crippen LogP contribution is 2.40. The Morgan fingerprint density at radius 1 is 1.04 bits per heavy atom. The highest BCUT2D eigenvalue weighted by atomic mass is 32.1. The smallest absolute Gasteiger partial charge is 0.134 e. The van der Waals surface area contributed by atoms with E-state index in [1.807, 2.05) is 26.0 Å².